The molecule has 0 fully saturated rings. The van der Waals surface area contributed by atoms with Crippen LogP contribution in [0.3, 0.4) is 0 Å². The van der Waals surface area contributed by atoms with Crippen LogP contribution in [0.15, 0.2) is 152 Å². The van der Waals surface area contributed by atoms with Crippen molar-refractivity contribution in [1.82, 2.24) is 0 Å². The van der Waals surface area contributed by atoms with Crippen LogP contribution in [-0.4, -0.2) is 0 Å². The van der Waals surface area contributed by atoms with Gasteiger partial charge < -0.3 is 14.5 Å². The van der Waals surface area contributed by atoms with Crippen molar-refractivity contribution in [3.63, 3.8) is 0 Å². The van der Waals surface area contributed by atoms with E-state index in [0.717, 1.165) is 39.9 Å². The summed E-state index contributed by atoms with van der Waals surface area (Å²) < 4.78 is 6.63. The van der Waals surface area contributed by atoms with E-state index in [1.165, 1.54) is 55.8 Å². The van der Waals surface area contributed by atoms with Crippen molar-refractivity contribution in [2.75, 3.05) is 9.80 Å². The van der Waals surface area contributed by atoms with Crippen LogP contribution in [0.5, 0.6) is 11.5 Å². The standard InChI is InChI=1S/C49H40N2O/c1-31-15-13-23-44-46(31)51-43-30-34(26-28-39(43)49(4,5)40-21-14-24-45(52-44)47(40)51)50(42-22-12-10-18-35(42)32-16-7-6-8-17-32)33-25-27-37-36-19-9-11-20-38(36)48(2,3)41(37)29-33/h6-30H,1-5H3. The van der Waals surface area contributed by atoms with Crippen molar-refractivity contribution in [1.29, 1.82) is 0 Å². The first-order chi connectivity index (χ1) is 25.2. The quantitative estimate of drug-likeness (QED) is 0.185. The fourth-order valence-electron chi connectivity index (χ4n) is 9.12. The van der Waals surface area contributed by atoms with E-state index < -0.39 is 0 Å². The first kappa shape index (κ1) is 30.7. The topological polar surface area (TPSA) is 15.7 Å². The van der Waals surface area contributed by atoms with Crippen LogP contribution in [-0.2, 0) is 10.8 Å². The molecule has 0 radical (unpaired) electrons. The molecule has 0 spiro atoms. The number of anilines is 6. The normalized spacial score (nSPS) is 15.1. The summed E-state index contributed by atoms with van der Waals surface area (Å²) in [6.07, 6.45) is 0. The van der Waals surface area contributed by atoms with E-state index in [2.05, 4.69) is 196 Å². The molecule has 0 amide bonds. The third kappa shape index (κ3) is 4.26. The zero-order valence-corrected chi connectivity index (χ0v) is 30.2. The molecular formula is C49H40N2O. The van der Waals surface area contributed by atoms with Gasteiger partial charge in [-0.3, -0.25) is 0 Å². The van der Waals surface area contributed by atoms with Gasteiger partial charge in [-0.05, 0) is 93.9 Å². The molecule has 3 aliphatic rings. The molecule has 3 nitrogen and oxygen atoms in total. The lowest BCUT2D eigenvalue weighted by Gasteiger charge is -2.45. The summed E-state index contributed by atoms with van der Waals surface area (Å²) in [5, 5.41) is 0. The Labute approximate surface area is 306 Å². The summed E-state index contributed by atoms with van der Waals surface area (Å²) in [5.74, 6) is 1.78. The Kier molecular flexibility index (Phi) is 6.48. The molecule has 2 heterocycles. The molecule has 3 heteroatoms. The molecule has 0 saturated heterocycles. The molecule has 252 valence electrons. The zero-order valence-electron chi connectivity index (χ0n) is 30.2. The van der Waals surface area contributed by atoms with Gasteiger partial charge in [-0.25, -0.2) is 0 Å². The monoisotopic (exact) mass is 672 g/mol. The Morgan fingerprint density at radius 1 is 0.481 bits per heavy atom. The second-order valence-electron chi connectivity index (χ2n) is 15.5. The fourth-order valence-corrected chi connectivity index (χ4v) is 9.12. The van der Waals surface area contributed by atoms with Gasteiger partial charge in [0.1, 0.15) is 0 Å². The van der Waals surface area contributed by atoms with Crippen molar-refractivity contribution in [2.45, 2.75) is 45.4 Å². The number of fused-ring (bicyclic) bond motifs is 7. The lowest BCUT2D eigenvalue weighted by atomic mass is 9.73. The minimum atomic E-state index is -0.241. The molecule has 0 aromatic heterocycles. The van der Waals surface area contributed by atoms with Crippen molar-refractivity contribution < 1.29 is 4.74 Å². The Hall–Kier alpha value is -6.06. The van der Waals surface area contributed by atoms with Crippen molar-refractivity contribution in [2.24, 2.45) is 0 Å². The van der Waals surface area contributed by atoms with Crippen LogP contribution in [0, 0.1) is 6.92 Å². The summed E-state index contributed by atoms with van der Waals surface area (Å²) in [7, 11) is 0. The number of ether oxygens (including phenoxy) is 1. The Balaban J connectivity index is 1.24. The van der Waals surface area contributed by atoms with E-state index >= 15 is 0 Å². The molecule has 0 atom stereocenters. The van der Waals surface area contributed by atoms with Crippen molar-refractivity contribution >= 4 is 34.1 Å². The largest absolute Gasteiger partial charge is 0.453 e. The summed E-state index contributed by atoms with van der Waals surface area (Å²) in [5.41, 5.74) is 17.9. The van der Waals surface area contributed by atoms with Gasteiger partial charge in [-0.2, -0.15) is 0 Å². The van der Waals surface area contributed by atoms with Gasteiger partial charge in [0.15, 0.2) is 11.5 Å². The summed E-state index contributed by atoms with van der Waals surface area (Å²) in [6.45, 7) is 11.6. The van der Waals surface area contributed by atoms with E-state index in [4.69, 9.17) is 4.74 Å². The average molecular weight is 673 g/mol. The van der Waals surface area contributed by atoms with Crippen LogP contribution in [0.4, 0.5) is 34.1 Å². The molecular weight excluding hydrogens is 633 g/mol. The van der Waals surface area contributed by atoms with Crippen LogP contribution in [0.25, 0.3) is 22.3 Å². The maximum absolute atomic E-state index is 6.63. The summed E-state index contributed by atoms with van der Waals surface area (Å²) in [6, 6.07) is 55.5. The van der Waals surface area contributed by atoms with E-state index in [0.29, 0.717) is 0 Å². The lowest BCUT2D eigenvalue weighted by molar-refractivity contribution is 0.471. The molecule has 10 rings (SSSR count). The molecule has 7 aromatic carbocycles. The number of hydrogen-bond acceptors (Lipinski definition) is 3. The second kappa shape index (κ2) is 11.0. The van der Waals surface area contributed by atoms with Crippen LogP contribution < -0.4 is 14.5 Å². The number of aryl methyl sites for hydroxylation is 1. The summed E-state index contributed by atoms with van der Waals surface area (Å²) >= 11 is 0. The molecule has 0 N–H and O–H groups in total. The number of rotatable bonds is 4. The van der Waals surface area contributed by atoms with Gasteiger partial charge in [-0.15, -0.1) is 0 Å². The molecule has 1 aliphatic carbocycles. The zero-order chi connectivity index (χ0) is 35.4. The predicted molar refractivity (Wildman–Crippen MR) is 216 cm³/mol. The highest BCUT2D eigenvalue weighted by Crippen LogP contribution is 2.61. The Morgan fingerprint density at radius 2 is 1.10 bits per heavy atom. The number of benzene rings is 7. The Bertz CT molecular complexity index is 2580. The lowest BCUT2D eigenvalue weighted by Crippen LogP contribution is -2.32. The fraction of sp³-hybridized carbons (Fsp3) is 0.143. The smallest absolute Gasteiger partial charge is 0.151 e. The SMILES string of the molecule is Cc1cccc2c1N1c3cc(N(c4ccc5c(c4)C(C)(C)c4ccccc4-5)c4ccccc4-c4ccccc4)ccc3C(C)(C)c3cccc(c31)O2. The van der Waals surface area contributed by atoms with Crippen LogP contribution >= 0.6 is 0 Å². The third-order valence-corrected chi connectivity index (χ3v) is 11.7. The highest BCUT2D eigenvalue weighted by Gasteiger charge is 2.42. The van der Waals surface area contributed by atoms with Crippen LogP contribution in [0.1, 0.15) is 55.5 Å². The second-order valence-corrected chi connectivity index (χ2v) is 15.5. The molecule has 0 saturated carbocycles. The number of hydrogen-bond donors (Lipinski definition) is 0. The van der Waals surface area contributed by atoms with Crippen LogP contribution in [0.2, 0.25) is 0 Å². The molecule has 52 heavy (non-hydrogen) atoms. The average Bonchev–Trinajstić information content (AvgIpc) is 3.39. The maximum atomic E-state index is 6.63. The Morgan fingerprint density at radius 3 is 1.92 bits per heavy atom. The van der Waals surface area contributed by atoms with Crippen molar-refractivity contribution in [3.05, 3.63) is 179 Å². The van der Waals surface area contributed by atoms with Gasteiger partial charge in [0.05, 0.1) is 22.7 Å². The van der Waals surface area contributed by atoms with Gasteiger partial charge in [-0.1, -0.05) is 137 Å². The first-order valence-corrected chi connectivity index (χ1v) is 18.3. The van der Waals surface area contributed by atoms with Crippen molar-refractivity contribution in [3.8, 4) is 33.8 Å². The van der Waals surface area contributed by atoms with E-state index in [9.17, 15) is 0 Å². The number of para-hydroxylation sites is 3. The third-order valence-electron chi connectivity index (χ3n) is 11.7. The molecule has 7 aromatic rings. The summed E-state index contributed by atoms with van der Waals surface area (Å²) in [4.78, 5) is 4.93. The van der Waals surface area contributed by atoms with Gasteiger partial charge in [0, 0.05) is 27.8 Å². The molecule has 0 bridgehead atoms. The van der Waals surface area contributed by atoms with Gasteiger partial charge in [0.25, 0.3) is 0 Å². The minimum absolute atomic E-state index is 0.123. The van der Waals surface area contributed by atoms with Gasteiger partial charge >= 0.3 is 0 Å². The molecule has 2 aliphatic heterocycles. The first-order valence-electron chi connectivity index (χ1n) is 18.3. The highest BCUT2D eigenvalue weighted by atomic mass is 16.5. The molecule has 0 unspecified atom stereocenters. The van der Waals surface area contributed by atoms with E-state index in [-0.39, 0.29) is 10.8 Å². The maximum Gasteiger partial charge on any atom is 0.151 e. The van der Waals surface area contributed by atoms with E-state index in [1.54, 1.807) is 0 Å². The minimum Gasteiger partial charge on any atom is -0.453 e. The van der Waals surface area contributed by atoms with E-state index in [1.807, 2.05) is 0 Å². The predicted octanol–water partition coefficient (Wildman–Crippen LogP) is 13.7. The number of nitrogens with zero attached hydrogens (tertiary/aromatic N) is 2. The van der Waals surface area contributed by atoms with Gasteiger partial charge in [0.2, 0.25) is 0 Å². The highest BCUT2D eigenvalue weighted by molar-refractivity contribution is 5.97.